The van der Waals surface area contributed by atoms with Crippen molar-refractivity contribution in [3.05, 3.63) is 38.4 Å². The number of rotatable bonds is 4. The molecule has 1 aromatic rings. The lowest BCUT2D eigenvalue weighted by atomic mass is 9.50. The first-order chi connectivity index (χ1) is 11.7. The normalized spacial score (nSPS) is 40.2. The Kier molecular flexibility index (Phi) is 3.05. The van der Waals surface area contributed by atoms with Crippen LogP contribution in [-0.2, 0) is 0 Å². The Morgan fingerprint density at radius 1 is 1.12 bits per heavy atom. The molecule has 0 radical (unpaired) electrons. The summed E-state index contributed by atoms with van der Waals surface area (Å²) >= 11 is 0. The SMILES string of the molecule is [2H]C12CC3CC(C1)C(C)(Oc1ccc([N+](=O)[O-])cc1[N+](=O)[O-])C(C3)C2. The van der Waals surface area contributed by atoms with Crippen molar-refractivity contribution >= 4 is 11.4 Å². The van der Waals surface area contributed by atoms with Gasteiger partial charge in [-0.2, -0.15) is 0 Å². The topological polar surface area (TPSA) is 95.5 Å². The Hall–Kier alpha value is -2.18. The minimum atomic E-state index is -0.648. The van der Waals surface area contributed by atoms with Crippen molar-refractivity contribution in [2.75, 3.05) is 0 Å². The molecule has 4 bridgehead atoms. The summed E-state index contributed by atoms with van der Waals surface area (Å²) in [7, 11) is 0. The van der Waals surface area contributed by atoms with Gasteiger partial charge in [-0.25, -0.2) is 0 Å². The number of nitro groups is 2. The lowest BCUT2D eigenvalue weighted by Gasteiger charge is -2.59. The predicted molar refractivity (Wildman–Crippen MR) is 85.8 cm³/mol. The molecule has 7 heteroatoms. The van der Waals surface area contributed by atoms with E-state index in [0.29, 0.717) is 5.92 Å². The number of ether oxygens (including phenoxy) is 1. The maximum atomic E-state index is 11.4. The largest absolute Gasteiger partial charge is 0.480 e. The van der Waals surface area contributed by atoms with Crippen molar-refractivity contribution < 1.29 is 16.0 Å². The van der Waals surface area contributed by atoms with E-state index < -0.39 is 15.4 Å². The van der Waals surface area contributed by atoms with Crippen molar-refractivity contribution in [2.24, 2.45) is 23.6 Å². The molecular weight excluding hydrogens is 312 g/mol. The minimum Gasteiger partial charge on any atom is -0.480 e. The van der Waals surface area contributed by atoms with Crippen LogP contribution in [0.15, 0.2) is 18.2 Å². The van der Waals surface area contributed by atoms with Crippen LogP contribution in [0.3, 0.4) is 0 Å². The Morgan fingerprint density at radius 2 is 1.79 bits per heavy atom. The van der Waals surface area contributed by atoms with Crippen LogP contribution < -0.4 is 4.74 Å². The lowest BCUT2D eigenvalue weighted by Crippen LogP contribution is -2.59. The molecule has 0 heterocycles. The zero-order valence-electron chi connectivity index (χ0n) is 14.4. The van der Waals surface area contributed by atoms with Gasteiger partial charge in [0.1, 0.15) is 5.60 Å². The third-order valence-corrected chi connectivity index (χ3v) is 6.18. The predicted octanol–water partition coefficient (Wildman–Crippen LogP) is 4.10. The molecule has 0 amide bonds. The molecule has 7 nitrogen and oxygen atoms in total. The first-order valence-electron chi connectivity index (χ1n) is 8.82. The Bertz CT molecular complexity index is 751. The molecule has 4 aliphatic carbocycles. The summed E-state index contributed by atoms with van der Waals surface area (Å²) in [4.78, 5) is 21.0. The van der Waals surface area contributed by atoms with E-state index in [1.807, 2.05) is 6.92 Å². The average molecular weight is 333 g/mol. The summed E-state index contributed by atoms with van der Waals surface area (Å²) in [5, 5.41) is 22.3. The Morgan fingerprint density at radius 3 is 2.33 bits per heavy atom. The highest BCUT2D eigenvalue weighted by atomic mass is 16.6. The van der Waals surface area contributed by atoms with Crippen molar-refractivity contribution in [1.29, 1.82) is 0 Å². The molecule has 2 unspecified atom stereocenters. The molecule has 0 aromatic heterocycles. The van der Waals surface area contributed by atoms with Gasteiger partial charge in [-0.3, -0.25) is 20.2 Å². The summed E-state index contributed by atoms with van der Waals surface area (Å²) in [6.45, 7) is 1.99. The summed E-state index contributed by atoms with van der Waals surface area (Å²) in [6, 6.07) is 3.54. The zero-order chi connectivity index (χ0) is 18.0. The van der Waals surface area contributed by atoms with Gasteiger partial charge in [-0.15, -0.1) is 0 Å². The minimum absolute atomic E-state index is 0.0876. The molecule has 0 spiro atoms. The average Bonchev–Trinajstić information content (AvgIpc) is 2.51. The number of benzene rings is 1. The third-order valence-electron chi connectivity index (χ3n) is 6.18. The molecule has 0 aliphatic heterocycles. The quantitative estimate of drug-likeness (QED) is 0.610. The van der Waals surface area contributed by atoms with E-state index in [2.05, 4.69) is 0 Å². The van der Waals surface area contributed by atoms with Gasteiger partial charge in [-0.05, 0) is 68.7 Å². The molecule has 1 aromatic carbocycles. The van der Waals surface area contributed by atoms with Gasteiger partial charge < -0.3 is 4.74 Å². The van der Waals surface area contributed by atoms with Crippen LogP contribution in [0.1, 0.15) is 40.4 Å². The molecule has 2 atom stereocenters. The maximum absolute atomic E-state index is 11.4. The van der Waals surface area contributed by atoms with Gasteiger partial charge in [0.25, 0.3) is 5.69 Å². The summed E-state index contributed by atoms with van der Waals surface area (Å²) < 4.78 is 14.8. The molecule has 4 saturated carbocycles. The second-order valence-electron chi connectivity index (χ2n) is 7.55. The van der Waals surface area contributed by atoms with E-state index in [0.717, 1.165) is 38.2 Å². The van der Waals surface area contributed by atoms with E-state index in [-0.39, 0.29) is 34.9 Å². The van der Waals surface area contributed by atoms with Gasteiger partial charge in [0.15, 0.2) is 5.75 Å². The molecule has 4 aliphatic rings. The molecule has 128 valence electrons. The summed E-state index contributed by atoms with van der Waals surface area (Å²) in [5.74, 6) is 0.668. The number of hydrogen-bond acceptors (Lipinski definition) is 5. The smallest absolute Gasteiger partial charge is 0.317 e. The highest BCUT2D eigenvalue weighted by Gasteiger charge is 2.56. The van der Waals surface area contributed by atoms with Crippen LogP contribution in [0.25, 0.3) is 0 Å². The van der Waals surface area contributed by atoms with E-state index in [4.69, 9.17) is 6.11 Å². The van der Waals surface area contributed by atoms with Crippen LogP contribution in [0.5, 0.6) is 5.75 Å². The fourth-order valence-corrected chi connectivity index (χ4v) is 5.05. The van der Waals surface area contributed by atoms with E-state index in [1.165, 1.54) is 12.1 Å². The summed E-state index contributed by atoms with van der Waals surface area (Å²) in [6.07, 6.45) is 4.46. The molecule has 0 N–H and O–H groups in total. The molecular formula is C17H20N2O5. The second kappa shape index (κ2) is 5.16. The Labute approximate surface area is 140 Å². The van der Waals surface area contributed by atoms with Crippen LogP contribution in [-0.4, -0.2) is 15.4 Å². The molecule has 24 heavy (non-hydrogen) atoms. The third kappa shape index (κ3) is 2.25. The van der Waals surface area contributed by atoms with E-state index in [9.17, 15) is 20.2 Å². The van der Waals surface area contributed by atoms with Gasteiger partial charge in [0.2, 0.25) is 0 Å². The van der Waals surface area contributed by atoms with Gasteiger partial charge >= 0.3 is 5.69 Å². The zero-order valence-corrected chi connectivity index (χ0v) is 13.4. The van der Waals surface area contributed by atoms with Crippen molar-refractivity contribution in [3.8, 4) is 5.75 Å². The van der Waals surface area contributed by atoms with Gasteiger partial charge in [0.05, 0.1) is 15.9 Å². The van der Waals surface area contributed by atoms with E-state index >= 15 is 0 Å². The highest BCUT2D eigenvalue weighted by Crippen LogP contribution is 2.59. The maximum Gasteiger partial charge on any atom is 0.317 e. The molecule has 0 saturated heterocycles. The number of nitro benzene ring substituents is 2. The summed E-state index contributed by atoms with van der Waals surface area (Å²) in [5.41, 5.74) is -1.24. The Balaban J connectivity index is 1.68. The fraction of sp³-hybridized carbons (Fsp3) is 0.647. The fourth-order valence-electron chi connectivity index (χ4n) is 5.05. The van der Waals surface area contributed by atoms with Crippen LogP contribution in [0.4, 0.5) is 11.4 Å². The number of non-ortho nitro benzene ring substituents is 1. The molecule has 5 rings (SSSR count). The second-order valence-corrected chi connectivity index (χ2v) is 7.55. The van der Waals surface area contributed by atoms with E-state index in [1.54, 1.807) is 0 Å². The standard InChI is InChI=1S/C17H20N2O5/c1-17(12-5-10-4-11(7-12)8-13(17)6-10)24-16-3-2-14(18(20)21)9-15(16)19(22)23/h2-3,9-13H,4-8H2,1H3/i10D. The van der Waals surface area contributed by atoms with Crippen LogP contribution in [0.2, 0.25) is 0 Å². The molecule has 4 fully saturated rings. The van der Waals surface area contributed by atoms with Crippen molar-refractivity contribution in [2.45, 2.75) is 44.6 Å². The highest BCUT2D eigenvalue weighted by molar-refractivity contribution is 5.53. The van der Waals surface area contributed by atoms with Crippen LogP contribution in [0, 0.1) is 43.9 Å². The number of hydrogen-bond donors (Lipinski definition) is 0. The van der Waals surface area contributed by atoms with Crippen molar-refractivity contribution in [1.82, 2.24) is 0 Å². The lowest BCUT2D eigenvalue weighted by molar-refractivity contribution is -0.395. The monoisotopic (exact) mass is 333 g/mol. The van der Waals surface area contributed by atoms with Crippen LogP contribution >= 0.6 is 0 Å². The van der Waals surface area contributed by atoms with Crippen molar-refractivity contribution in [3.63, 3.8) is 0 Å². The van der Waals surface area contributed by atoms with Gasteiger partial charge in [-0.1, -0.05) is 0 Å². The number of nitrogens with zero attached hydrogens (tertiary/aromatic N) is 2. The first-order valence-corrected chi connectivity index (χ1v) is 8.32. The van der Waals surface area contributed by atoms with Gasteiger partial charge in [0, 0.05) is 7.44 Å². The first kappa shape index (κ1) is 14.2.